The summed E-state index contributed by atoms with van der Waals surface area (Å²) in [6.07, 6.45) is 1.53. The quantitative estimate of drug-likeness (QED) is 0.741. The number of halogens is 1. The number of aliphatic hydroxyl groups is 1. The molecule has 0 saturated carbocycles. The van der Waals surface area contributed by atoms with E-state index in [9.17, 15) is 4.79 Å². The molecule has 0 unspecified atom stereocenters. The van der Waals surface area contributed by atoms with E-state index >= 15 is 0 Å². The zero-order valence-corrected chi connectivity index (χ0v) is 13.0. The van der Waals surface area contributed by atoms with E-state index in [1.165, 1.54) is 6.20 Å². The van der Waals surface area contributed by atoms with Gasteiger partial charge in [0.25, 0.3) is 5.56 Å². The van der Waals surface area contributed by atoms with Gasteiger partial charge in [-0.05, 0) is 7.05 Å². The molecule has 0 spiro atoms. The van der Waals surface area contributed by atoms with Crippen molar-refractivity contribution >= 4 is 17.3 Å². The summed E-state index contributed by atoms with van der Waals surface area (Å²) in [5, 5.41) is 16.1. The van der Waals surface area contributed by atoms with Gasteiger partial charge in [-0.25, -0.2) is 4.68 Å². The molecule has 0 amide bonds. The summed E-state index contributed by atoms with van der Waals surface area (Å²) >= 11 is 6.04. The van der Waals surface area contributed by atoms with Crippen LogP contribution < -0.4 is 10.9 Å². The minimum Gasteiger partial charge on any atom is -0.394 e. The SMILES string of the molecule is CN1CCN(CCNc2cnn(CCO)c(=O)c2Cl)CC1. The van der Waals surface area contributed by atoms with Crippen molar-refractivity contribution in [2.75, 3.05) is 58.2 Å². The number of nitrogens with zero attached hydrogens (tertiary/aromatic N) is 4. The first kappa shape index (κ1) is 16.2. The lowest BCUT2D eigenvalue weighted by Crippen LogP contribution is -2.45. The van der Waals surface area contributed by atoms with Gasteiger partial charge in [0, 0.05) is 39.3 Å². The molecule has 1 aliphatic heterocycles. The Hall–Kier alpha value is -1.15. The molecule has 21 heavy (non-hydrogen) atoms. The number of hydrogen-bond donors (Lipinski definition) is 2. The molecule has 0 radical (unpaired) electrons. The van der Waals surface area contributed by atoms with Crippen LogP contribution in [0, 0.1) is 0 Å². The van der Waals surface area contributed by atoms with Crippen molar-refractivity contribution in [3.8, 4) is 0 Å². The highest BCUT2D eigenvalue weighted by atomic mass is 35.5. The predicted octanol–water partition coefficient (Wildman–Crippen LogP) is -0.452. The summed E-state index contributed by atoms with van der Waals surface area (Å²) in [4.78, 5) is 16.6. The Bertz CT molecular complexity index is 514. The lowest BCUT2D eigenvalue weighted by molar-refractivity contribution is 0.158. The summed E-state index contributed by atoms with van der Waals surface area (Å²) in [7, 11) is 2.13. The molecule has 1 aliphatic rings. The van der Waals surface area contributed by atoms with E-state index in [-0.39, 0.29) is 23.7 Å². The molecular weight excluding hydrogens is 294 g/mol. The Labute approximate surface area is 129 Å². The van der Waals surface area contributed by atoms with E-state index in [0.717, 1.165) is 37.4 Å². The van der Waals surface area contributed by atoms with Crippen LogP contribution in [0.1, 0.15) is 0 Å². The standard InChI is InChI=1S/C13H22ClN5O2/c1-17-4-6-18(7-5-17)3-2-15-11-10-16-19(8-9-20)13(21)12(11)14/h10,15,20H,2-9H2,1H3. The summed E-state index contributed by atoms with van der Waals surface area (Å²) in [5.41, 5.74) is 0.167. The molecule has 118 valence electrons. The molecule has 2 rings (SSSR count). The highest BCUT2D eigenvalue weighted by Gasteiger charge is 2.13. The first-order chi connectivity index (χ1) is 10.1. The van der Waals surface area contributed by atoms with E-state index in [2.05, 4.69) is 27.3 Å². The first-order valence-electron chi connectivity index (χ1n) is 7.13. The molecule has 0 atom stereocenters. The maximum atomic E-state index is 11.9. The minimum absolute atomic E-state index is 0.122. The number of aromatic nitrogens is 2. The van der Waals surface area contributed by atoms with Crippen LogP contribution in [0.15, 0.2) is 11.0 Å². The lowest BCUT2D eigenvalue weighted by Gasteiger charge is -2.32. The number of aliphatic hydroxyl groups excluding tert-OH is 1. The van der Waals surface area contributed by atoms with Crippen molar-refractivity contribution in [3.05, 3.63) is 21.6 Å². The number of nitrogens with one attached hydrogen (secondary N) is 1. The van der Waals surface area contributed by atoms with Crippen LogP contribution in [0.5, 0.6) is 0 Å². The van der Waals surface area contributed by atoms with Gasteiger partial charge in [-0.1, -0.05) is 11.6 Å². The second-order valence-electron chi connectivity index (χ2n) is 5.20. The third kappa shape index (κ3) is 4.41. The molecule has 7 nitrogen and oxygen atoms in total. The maximum Gasteiger partial charge on any atom is 0.287 e. The molecule has 0 bridgehead atoms. The first-order valence-corrected chi connectivity index (χ1v) is 7.51. The molecule has 1 aromatic rings. The zero-order chi connectivity index (χ0) is 15.2. The van der Waals surface area contributed by atoms with E-state index in [1.807, 2.05) is 0 Å². The van der Waals surface area contributed by atoms with Crippen LogP contribution in [0.2, 0.25) is 5.02 Å². The van der Waals surface area contributed by atoms with Gasteiger partial charge in [0.05, 0.1) is 25.0 Å². The number of rotatable bonds is 6. The number of likely N-dealkylation sites (N-methyl/N-ethyl adjacent to an activating group) is 1. The van der Waals surface area contributed by atoms with Gasteiger partial charge in [0.2, 0.25) is 0 Å². The highest BCUT2D eigenvalue weighted by molar-refractivity contribution is 6.32. The van der Waals surface area contributed by atoms with Gasteiger partial charge >= 0.3 is 0 Å². The number of anilines is 1. The summed E-state index contributed by atoms with van der Waals surface area (Å²) in [6.45, 7) is 5.92. The van der Waals surface area contributed by atoms with Crippen LogP contribution in [0.25, 0.3) is 0 Å². The van der Waals surface area contributed by atoms with Crippen LogP contribution in [-0.4, -0.2) is 77.6 Å². The fourth-order valence-corrected chi connectivity index (χ4v) is 2.48. The predicted molar refractivity (Wildman–Crippen MR) is 83.0 cm³/mol. The van der Waals surface area contributed by atoms with Gasteiger partial charge in [-0.15, -0.1) is 0 Å². The molecule has 1 aromatic heterocycles. The molecule has 2 N–H and O–H groups in total. The topological polar surface area (TPSA) is 73.6 Å². The van der Waals surface area contributed by atoms with Crippen molar-refractivity contribution in [2.24, 2.45) is 0 Å². The van der Waals surface area contributed by atoms with Gasteiger partial charge in [0.1, 0.15) is 5.02 Å². The van der Waals surface area contributed by atoms with Gasteiger partial charge in [-0.2, -0.15) is 5.10 Å². The monoisotopic (exact) mass is 315 g/mol. The Morgan fingerprint density at radius 3 is 2.71 bits per heavy atom. The largest absolute Gasteiger partial charge is 0.394 e. The highest BCUT2D eigenvalue weighted by Crippen LogP contribution is 2.14. The van der Waals surface area contributed by atoms with Crippen molar-refractivity contribution in [1.82, 2.24) is 19.6 Å². The number of piperazine rings is 1. The van der Waals surface area contributed by atoms with Crippen molar-refractivity contribution in [1.29, 1.82) is 0 Å². The van der Waals surface area contributed by atoms with Gasteiger partial charge in [-0.3, -0.25) is 9.69 Å². The average Bonchev–Trinajstić information content (AvgIpc) is 2.48. The van der Waals surface area contributed by atoms with Crippen LogP contribution in [-0.2, 0) is 6.54 Å². The smallest absolute Gasteiger partial charge is 0.287 e. The summed E-state index contributed by atoms with van der Waals surface area (Å²) < 4.78 is 1.16. The van der Waals surface area contributed by atoms with Gasteiger partial charge < -0.3 is 15.3 Å². The Morgan fingerprint density at radius 1 is 1.33 bits per heavy atom. The number of hydrogen-bond acceptors (Lipinski definition) is 6. The Kier molecular flexibility index (Phi) is 5.98. The van der Waals surface area contributed by atoms with Crippen molar-refractivity contribution < 1.29 is 5.11 Å². The van der Waals surface area contributed by atoms with Crippen molar-refractivity contribution in [2.45, 2.75) is 6.54 Å². The van der Waals surface area contributed by atoms with E-state index < -0.39 is 0 Å². The van der Waals surface area contributed by atoms with E-state index in [1.54, 1.807) is 0 Å². The molecular formula is C13H22ClN5O2. The van der Waals surface area contributed by atoms with E-state index in [4.69, 9.17) is 16.7 Å². The molecule has 1 fully saturated rings. The van der Waals surface area contributed by atoms with E-state index in [0.29, 0.717) is 12.2 Å². The van der Waals surface area contributed by atoms with Gasteiger partial charge in [0.15, 0.2) is 0 Å². The summed E-state index contributed by atoms with van der Waals surface area (Å²) in [6, 6.07) is 0. The molecule has 0 aliphatic carbocycles. The third-order valence-electron chi connectivity index (χ3n) is 3.64. The Morgan fingerprint density at radius 2 is 2.05 bits per heavy atom. The van der Waals surface area contributed by atoms with Crippen molar-refractivity contribution in [3.63, 3.8) is 0 Å². The fourth-order valence-electron chi connectivity index (χ4n) is 2.26. The fraction of sp³-hybridized carbons (Fsp3) is 0.692. The molecule has 2 heterocycles. The maximum absolute atomic E-state index is 11.9. The lowest BCUT2D eigenvalue weighted by atomic mass is 10.3. The zero-order valence-electron chi connectivity index (χ0n) is 12.3. The normalized spacial score (nSPS) is 17.1. The van der Waals surface area contributed by atoms with Crippen LogP contribution in [0.4, 0.5) is 5.69 Å². The average molecular weight is 316 g/mol. The Balaban J connectivity index is 1.86. The van der Waals surface area contributed by atoms with Crippen LogP contribution >= 0.6 is 11.6 Å². The second kappa shape index (κ2) is 7.74. The molecule has 8 heteroatoms. The summed E-state index contributed by atoms with van der Waals surface area (Å²) in [5.74, 6) is 0. The molecule has 1 saturated heterocycles. The minimum atomic E-state index is -0.379. The third-order valence-corrected chi connectivity index (χ3v) is 4.00. The van der Waals surface area contributed by atoms with Crippen LogP contribution in [0.3, 0.4) is 0 Å². The molecule has 0 aromatic carbocycles. The second-order valence-corrected chi connectivity index (χ2v) is 5.57.